The van der Waals surface area contributed by atoms with E-state index in [0.717, 1.165) is 30.0 Å². The van der Waals surface area contributed by atoms with Gasteiger partial charge in [0.15, 0.2) is 0 Å². The van der Waals surface area contributed by atoms with E-state index in [-0.39, 0.29) is 6.04 Å². The van der Waals surface area contributed by atoms with Gasteiger partial charge in [-0.1, -0.05) is 61.8 Å². The molecule has 21 heavy (non-hydrogen) atoms. The molecule has 0 fully saturated rings. The van der Waals surface area contributed by atoms with E-state index in [1.807, 2.05) is 6.07 Å². The minimum Gasteiger partial charge on any atom is -0.306 e. The van der Waals surface area contributed by atoms with Crippen molar-refractivity contribution in [3.05, 3.63) is 69.7 Å². The number of aryl methyl sites for hydroxylation is 2. The van der Waals surface area contributed by atoms with E-state index in [1.165, 1.54) is 16.7 Å². The van der Waals surface area contributed by atoms with E-state index in [4.69, 9.17) is 11.6 Å². The average molecular weight is 302 g/mol. The lowest BCUT2D eigenvalue weighted by Crippen LogP contribution is -2.23. The number of benzene rings is 2. The van der Waals surface area contributed by atoms with Crippen LogP contribution in [0.3, 0.4) is 0 Å². The first-order valence-electron chi connectivity index (χ1n) is 7.74. The third kappa shape index (κ3) is 4.09. The molecular formula is C19H24ClN. The molecule has 2 rings (SSSR count). The fraction of sp³-hybridized carbons (Fsp3) is 0.368. The Kier molecular flexibility index (Phi) is 5.84. The van der Waals surface area contributed by atoms with E-state index < -0.39 is 0 Å². The molecule has 2 heteroatoms. The normalized spacial score (nSPS) is 12.4. The SMILES string of the molecule is CCCNC(c1cccc(CC)c1)c1ccc(C)cc1Cl. The molecule has 1 atom stereocenters. The van der Waals surface area contributed by atoms with Gasteiger partial charge in [-0.2, -0.15) is 0 Å². The van der Waals surface area contributed by atoms with Crippen molar-refractivity contribution in [3.63, 3.8) is 0 Å². The van der Waals surface area contributed by atoms with Crippen molar-refractivity contribution in [2.75, 3.05) is 6.54 Å². The number of hydrogen-bond acceptors (Lipinski definition) is 1. The monoisotopic (exact) mass is 301 g/mol. The van der Waals surface area contributed by atoms with Crippen LogP contribution in [0, 0.1) is 6.92 Å². The summed E-state index contributed by atoms with van der Waals surface area (Å²) >= 11 is 6.49. The molecular weight excluding hydrogens is 278 g/mol. The summed E-state index contributed by atoms with van der Waals surface area (Å²) < 4.78 is 0. The zero-order chi connectivity index (χ0) is 15.2. The lowest BCUT2D eigenvalue weighted by Gasteiger charge is -2.21. The molecule has 0 spiro atoms. The lowest BCUT2D eigenvalue weighted by atomic mass is 9.95. The van der Waals surface area contributed by atoms with Gasteiger partial charge in [-0.3, -0.25) is 0 Å². The first-order valence-corrected chi connectivity index (χ1v) is 8.11. The molecule has 0 saturated heterocycles. The Labute approximate surface area is 133 Å². The van der Waals surface area contributed by atoms with Crippen LogP contribution in [0.1, 0.15) is 48.6 Å². The van der Waals surface area contributed by atoms with Crippen LogP contribution in [0.2, 0.25) is 5.02 Å². The predicted octanol–water partition coefficient (Wildman–Crippen LogP) is 5.30. The Morgan fingerprint density at radius 3 is 2.57 bits per heavy atom. The standard InChI is InChI=1S/C19H24ClN/c1-4-11-21-19(16-8-6-7-15(5-2)13-16)17-10-9-14(3)12-18(17)20/h6-10,12-13,19,21H,4-5,11H2,1-3H3. The van der Waals surface area contributed by atoms with Gasteiger partial charge in [-0.15, -0.1) is 0 Å². The molecule has 0 bridgehead atoms. The molecule has 0 aliphatic heterocycles. The summed E-state index contributed by atoms with van der Waals surface area (Å²) in [4.78, 5) is 0. The first-order chi connectivity index (χ1) is 10.2. The molecule has 1 nitrogen and oxygen atoms in total. The quantitative estimate of drug-likeness (QED) is 0.763. The lowest BCUT2D eigenvalue weighted by molar-refractivity contribution is 0.598. The van der Waals surface area contributed by atoms with Crippen LogP contribution in [0.25, 0.3) is 0 Å². The molecule has 0 radical (unpaired) electrons. The third-order valence-corrected chi connectivity index (χ3v) is 4.09. The predicted molar refractivity (Wildman–Crippen MR) is 92.1 cm³/mol. The van der Waals surface area contributed by atoms with Crippen molar-refractivity contribution in [1.82, 2.24) is 5.32 Å². The van der Waals surface area contributed by atoms with Crippen LogP contribution in [0.5, 0.6) is 0 Å². The second-order valence-corrected chi connectivity index (χ2v) is 5.92. The molecule has 0 aliphatic carbocycles. The summed E-state index contributed by atoms with van der Waals surface area (Å²) in [7, 11) is 0. The van der Waals surface area contributed by atoms with Gasteiger partial charge in [-0.05, 0) is 54.6 Å². The fourth-order valence-electron chi connectivity index (χ4n) is 2.55. The average Bonchev–Trinajstić information content (AvgIpc) is 2.49. The molecule has 0 aliphatic rings. The minimum absolute atomic E-state index is 0.157. The molecule has 0 heterocycles. The first kappa shape index (κ1) is 16.1. The molecule has 1 unspecified atom stereocenters. The maximum atomic E-state index is 6.49. The molecule has 0 amide bonds. The zero-order valence-corrected chi connectivity index (χ0v) is 13.9. The zero-order valence-electron chi connectivity index (χ0n) is 13.1. The Balaban J connectivity index is 2.41. The van der Waals surface area contributed by atoms with E-state index in [0.29, 0.717) is 0 Å². The van der Waals surface area contributed by atoms with Crippen molar-refractivity contribution in [2.24, 2.45) is 0 Å². The summed E-state index contributed by atoms with van der Waals surface area (Å²) in [5, 5.41) is 4.47. The van der Waals surface area contributed by atoms with Crippen molar-refractivity contribution in [2.45, 2.75) is 39.7 Å². The highest BCUT2D eigenvalue weighted by Gasteiger charge is 2.16. The smallest absolute Gasteiger partial charge is 0.0591 e. The van der Waals surface area contributed by atoms with Gasteiger partial charge >= 0.3 is 0 Å². The minimum atomic E-state index is 0.157. The highest BCUT2D eigenvalue weighted by atomic mass is 35.5. The number of halogens is 1. The van der Waals surface area contributed by atoms with Gasteiger partial charge in [0, 0.05) is 5.02 Å². The van der Waals surface area contributed by atoms with Crippen LogP contribution >= 0.6 is 11.6 Å². The van der Waals surface area contributed by atoms with Crippen LogP contribution in [-0.4, -0.2) is 6.54 Å². The number of nitrogens with one attached hydrogen (secondary N) is 1. The van der Waals surface area contributed by atoms with Crippen molar-refractivity contribution >= 4 is 11.6 Å². The third-order valence-electron chi connectivity index (χ3n) is 3.76. The van der Waals surface area contributed by atoms with Gasteiger partial charge in [0.05, 0.1) is 6.04 Å². The Morgan fingerprint density at radius 2 is 1.90 bits per heavy atom. The maximum absolute atomic E-state index is 6.49. The fourth-order valence-corrected chi connectivity index (χ4v) is 2.90. The van der Waals surface area contributed by atoms with Gasteiger partial charge < -0.3 is 5.32 Å². The molecule has 0 aromatic heterocycles. The van der Waals surface area contributed by atoms with Crippen molar-refractivity contribution in [3.8, 4) is 0 Å². The van der Waals surface area contributed by atoms with Crippen LogP contribution in [0.4, 0.5) is 0 Å². The van der Waals surface area contributed by atoms with E-state index in [9.17, 15) is 0 Å². The molecule has 2 aromatic rings. The van der Waals surface area contributed by atoms with Crippen LogP contribution in [0.15, 0.2) is 42.5 Å². The number of rotatable bonds is 6. The van der Waals surface area contributed by atoms with Crippen molar-refractivity contribution in [1.29, 1.82) is 0 Å². The van der Waals surface area contributed by atoms with Gasteiger partial charge in [0.2, 0.25) is 0 Å². The molecule has 112 valence electrons. The highest BCUT2D eigenvalue weighted by Crippen LogP contribution is 2.29. The van der Waals surface area contributed by atoms with E-state index in [2.05, 4.69) is 62.5 Å². The van der Waals surface area contributed by atoms with Crippen molar-refractivity contribution < 1.29 is 0 Å². The summed E-state index contributed by atoms with van der Waals surface area (Å²) in [5.41, 5.74) is 5.00. The van der Waals surface area contributed by atoms with Crippen LogP contribution in [-0.2, 0) is 6.42 Å². The molecule has 2 aromatic carbocycles. The summed E-state index contributed by atoms with van der Waals surface area (Å²) in [6, 6.07) is 15.3. The molecule has 1 N–H and O–H groups in total. The van der Waals surface area contributed by atoms with E-state index >= 15 is 0 Å². The summed E-state index contributed by atoms with van der Waals surface area (Å²) in [5.74, 6) is 0. The van der Waals surface area contributed by atoms with Gasteiger partial charge in [0.25, 0.3) is 0 Å². The van der Waals surface area contributed by atoms with E-state index in [1.54, 1.807) is 0 Å². The van der Waals surface area contributed by atoms with Crippen LogP contribution < -0.4 is 5.32 Å². The van der Waals surface area contributed by atoms with Gasteiger partial charge in [0.1, 0.15) is 0 Å². The Bertz CT molecular complexity index is 592. The molecule has 0 saturated carbocycles. The van der Waals surface area contributed by atoms with Gasteiger partial charge in [-0.25, -0.2) is 0 Å². The summed E-state index contributed by atoms with van der Waals surface area (Å²) in [6.07, 6.45) is 2.16. The second-order valence-electron chi connectivity index (χ2n) is 5.51. The Hall–Kier alpha value is -1.31. The highest BCUT2D eigenvalue weighted by molar-refractivity contribution is 6.31. The Morgan fingerprint density at radius 1 is 1.10 bits per heavy atom. The maximum Gasteiger partial charge on any atom is 0.0591 e. The second kappa shape index (κ2) is 7.63. The topological polar surface area (TPSA) is 12.0 Å². The largest absolute Gasteiger partial charge is 0.306 e. The summed E-state index contributed by atoms with van der Waals surface area (Å²) in [6.45, 7) is 7.42. The number of hydrogen-bond donors (Lipinski definition) is 1.